The molecule has 1 N–H and O–H groups in total. The molecule has 5 nitrogen and oxygen atoms in total. The van der Waals surface area contributed by atoms with Crippen LogP contribution in [0.25, 0.3) is 0 Å². The highest BCUT2D eigenvalue weighted by Crippen LogP contribution is 2.09. The molecule has 0 bridgehead atoms. The van der Waals surface area contributed by atoms with Gasteiger partial charge in [0.1, 0.15) is 5.69 Å². The Morgan fingerprint density at radius 1 is 1.50 bits per heavy atom. The fourth-order valence-corrected chi connectivity index (χ4v) is 1.58. The van der Waals surface area contributed by atoms with Crippen LogP contribution in [0.5, 0.6) is 0 Å². The standard InChI is InChI=1S/C13H18N2O3/c1-4-9(2)8-15(3)12(16)10-5-6-14-11(7-10)13(17)18/h5-7,9H,4,8H2,1-3H3,(H,17,18). The van der Waals surface area contributed by atoms with Crippen LogP contribution in [-0.4, -0.2) is 40.5 Å². The van der Waals surface area contributed by atoms with Crippen LogP contribution in [0.2, 0.25) is 0 Å². The van der Waals surface area contributed by atoms with Gasteiger partial charge in [-0.1, -0.05) is 20.3 Å². The van der Waals surface area contributed by atoms with Crippen molar-refractivity contribution in [1.82, 2.24) is 9.88 Å². The SMILES string of the molecule is CCC(C)CN(C)C(=O)c1ccnc(C(=O)O)c1. The van der Waals surface area contributed by atoms with Gasteiger partial charge in [0, 0.05) is 25.4 Å². The van der Waals surface area contributed by atoms with Gasteiger partial charge in [-0.05, 0) is 18.1 Å². The summed E-state index contributed by atoms with van der Waals surface area (Å²) in [4.78, 5) is 28.2. The zero-order valence-corrected chi connectivity index (χ0v) is 10.9. The van der Waals surface area contributed by atoms with Gasteiger partial charge in [0.25, 0.3) is 5.91 Å². The van der Waals surface area contributed by atoms with Crippen LogP contribution in [0.3, 0.4) is 0 Å². The zero-order chi connectivity index (χ0) is 13.7. The first kappa shape index (κ1) is 14.2. The molecule has 1 rings (SSSR count). The Morgan fingerprint density at radius 3 is 2.72 bits per heavy atom. The number of rotatable bonds is 5. The van der Waals surface area contributed by atoms with E-state index in [4.69, 9.17) is 5.11 Å². The van der Waals surface area contributed by atoms with E-state index in [9.17, 15) is 9.59 Å². The predicted octanol–water partition coefficient (Wildman–Crippen LogP) is 1.90. The zero-order valence-electron chi connectivity index (χ0n) is 10.9. The summed E-state index contributed by atoms with van der Waals surface area (Å²) in [5.41, 5.74) is 0.242. The number of carboxylic acids is 1. The summed E-state index contributed by atoms with van der Waals surface area (Å²) in [5.74, 6) is -0.894. The molecule has 0 aliphatic carbocycles. The van der Waals surface area contributed by atoms with Crippen molar-refractivity contribution in [2.75, 3.05) is 13.6 Å². The van der Waals surface area contributed by atoms with Crippen molar-refractivity contribution < 1.29 is 14.7 Å². The molecule has 1 unspecified atom stereocenters. The number of pyridine rings is 1. The third-order valence-corrected chi connectivity index (χ3v) is 2.86. The molecule has 1 atom stereocenters. The van der Waals surface area contributed by atoms with Crippen molar-refractivity contribution >= 4 is 11.9 Å². The van der Waals surface area contributed by atoms with E-state index in [2.05, 4.69) is 18.8 Å². The molecule has 1 heterocycles. The van der Waals surface area contributed by atoms with Gasteiger partial charge in [0.2, 0.25) is 0 Å². The van der Waals surface area contributed by atoms with E-state index in [-0.39, 0.29) is 11.6 Å². The van der Waals surface area contributed by atoms with Crippen molar-refractivity contribution in [1.29, 1.82) is 0 Å². The first-order chi connectivity index (χ1) is 8.45. The first-order valence-electron chi connectivity index (χ1n) is 5.90. The highest BCUT2D eigenvalue weighted by molar-refractivity contribution is 5.96. The number of aromatic nitrogens is 1. The molecule has 18 heavy (non-hydrogen) atoms. The van der Waals surface area contributed by atoms with Crippen LogP contribution < -0.4 is 0 Å². The Kier molecular flexibility index (Phi) is 4.83. The maximum absolute atomic E-state index is 12.1. The Bertz CT molecular complexity index is 446. The van der Waals surface area contributed by atoms with Crippen molar-refractivity contribution in [3.05, 3.63) is 29.6 Å². The number of nitrogens with zero attached hydrogens (tertiary/aromatic N) is 2. The summed E-state index contributed by atoms with van der Waals surface area (Å²) in [7, 11) is 1.72. The Labute approximate surface area is 106 Å². The fourth-order valence-electron chi connectivity index (χ4n) is 1.58. The molecule has 0 saturated carbocycles. The number of carboxylic acid groups (broad SMARTS) is 1. The number of hydrogen-bond acceptors (Lipinski definition) is 3. The molecule has 98 valence electrons. The molecule has 0 aliphatic rings. The molecule has 0 aromatic carbocycles. The van der Waals surface area contributed by atoms with Crippen LogP contribution in [-0.2, 0) is 0 Å². The lowest BCUT2D eigenvalue weighted by Gasteiger charge is -2.20. The largest absolute Gasteiger partial charge is 0.477 e. The van der Waals surface area contributed by atoms with Gasteiger partial charge in [0.15, 0.2) is 0 Å². The van der Waals surface area contributed by atoms with Gasteiger partial charge in [-0.15, -0.1) is 0 Å². The summed E-state index contributed by atoms with van der Waals surface area (Å²) in [6, 6.07) is 2.83. The van der Waals surface area contributed by atoms with E-state index in [0.717, 1.165) is 6.42 Å². The average molecular weight is 250 g/mol. The highest BCUT2D eigenvalue weighted by Gasteiger charge is 2.15. The lowest BCUT2D eigenvalue weighted by atomic mass is 10.1. The number of hydrogen-bond donors (Lipinski definition) is 1. The summed E-state index contributed by atoms with van der Waals surface area (Å²) in [5, 5.41) is 8.83. The van der Waals surface area contributed by atoms with Gasteiger partial charge in [0.05, 0.1) is 0 Å². The third-order valence-electron chi connectivity index (χ3n) is 2.86. The molecule has 1 amide bonds. The molecular formula is C13H18N2O3. The van der Waals surface area contributed by atoms with Gasteiger partial charge in [-0.25, -0.2) is 9.78 Å². The molecule has 0 saturated heterocycles. The predicted molar refractivity (Wildman–Crippen MR) is 67.6 cm³/mol. The maximum Gasteiger partial charge on any atom is 0.354 e. The van der Waals surface area contributed by atoms with Gasteiger partial charge < -0.3 is 10.0 Å². The molecule has 1 aromatic heterocycles. The summed E-state index contributed by atoms with van der Waals surface area (Å²) in [6.07, 6.45) is 2.34. The monoisotopic (exact) mass is 250 g/mol. The lowest BCUT2D eigenvalue weighted by Crippen LogP contribution is -2.31. The van der Waals surface area contributed by atoms with Gasteiger partial charge >= 0.3 is 5.97 Å². The molecule has 5 heteroatoms. The van der Waals surface area contributed by atoms with E-state index in [0.29, 0.717) is 18.0 Å². The average Bonchev–Trinajstić information content (AvgIpc) is 2.37. The molecule has 0 radical (unpaired) electrons. The minimum Gasteiger partial charge on any atom is -0.477 e. The minimum absolute atomic E-state index is 0.113. The van der Waals surface area contributed by atoms with Crippen molar-refractivity contribution in [3.8, 4) is 0 Å². The fraction of sp³-hybridized carbons (Fsp3) is 0.462. The van der Waals surface area contributed by atoms with Crippen molar-refractivity contribution in [3.63, 3.8) is 0 Å². The molecule has 0 fully saturated rings. The second-order valence-corrected chi connectivity index (χ2v) is 4.43. The van der Waals surface area contributed by atoms with Crippen LogP contribution in [0.1, 0.15) is 41.1 Å². The number of amides is 1. The van der Waals surface area contributed by atoms with E-state index in [1.807, 2.05) is 0 Å². The Morgan fingerprint density at radius 2 is 2.17 bits per heavy atom. The first-order valence-corrected chi connectivity index (χ1v) is 5.90. The topological polar surface area (TPSA) is 70.5 Å². The van der Waals surface area contributed by atoms with Crippen molar-refractivity contribution in [2.24, 2.45) is 5.92 Å². The summed E-state index contributed by atoms with van der Waals surface area (Å²) < 4.78 is 0. The molecular weight excluding hydrogens is 232 g/mol. The minimum atomic E-state index is -1.13. The van der Waals surface area contributed by atoms with E-state index >= 15 is 0 Å². The van der Waals surface area contributed by atoms with Crippen LogP contribution in [0.4, 0.5) is 0 Å². The van der Waals surface area contributed by atoms with Crippen LogP contribution >= 0.6 is 0 Å². The number of carbonyl (C=O) groups is 2. The quantitative estimate of drug-likeness (QED) is 0.866. The molecule has 1 aromatic rings. The van der Waals surface area contributed by atoms with E-state index in [1.165, 1.54) is 18.3 Å². The van der Waals surface area contributed by atoms with Crippen molar-refractivity contribution in [2.45, 2.75) is 20.3 Å². The van der Waals surface area contributed by atoms with E-state index < -0.39 is 5.97 Å². The lowest BCUT2D eigenvalue weighted by molar-refractivity contribution is 0.0690. The Hall–Kier alpha value is -1.91. The summed E-state index contributed by atoms with van der Waals surface area (Å²) in [6.45, 7) is 4.79. The smallest absolute Gasteiger partial charge is 0.354 e. The highest BCUT2D eigenvalue weighted by atomic mass is 16.4. The van der Waals surface area contributed by atoms with Crippen LogP contribution in [0, 0.1) is 5.92 Å². The van der Waals surface area contributed by atoms with Crippen LogP contribution in [0.15, 0.2) is 18.3 Å². The number of aromatic carboxylic acids is 1. The summed E-state index contributed by atoms with van der Waals surface area (Å²) >= 11 is 0. The van der Waals surface area contributed by atoms with Gasteiger partial charge in [-0.3, -0.25) is 4.79 Å². The second-order valence-electron chi connectivity index (χ2n) is 4.43. The second kappa shape index (κ2) is 6.14. The van der Waals surface area contributed by atoms with E-state index in [1.54, 1.807) is 11.9 Å². The maximum atomic E-state index is 12.1. The van der Waals surface area contributed by atoms with Gasteiger partial charge in [-0.2, -0.15) is 0 Å². The Balaban J connectivity index is 2.83. The molecule has 0 aliphatic heterocycles. The number of carbonyl (C=O) groups excluding carboxylic acids is 1. The third kappa shape index (κ3) is 3.55. The molecule has 0 spiro atoms. The normalized spacial score (nSPS) is 11.9.